The van der Waals surface area contributed by atoms with Gasteiger partial charge in [-0.25, -0.2) is 4.79 Å². The number of anilines is 1. The number of aromatic nitrogens is 2. The Morgan fingerprint density at radius 2 is 1.96 bits per heavy atom. The van der Waals surface area contributed by atoms with Crippen LogP contribution in [0.3, 0.4) is 0 Å². The third kappa shape index (κ3) is 4.35. The van der Waals surface area contributed by atoms with Gasteiger partial charge in [-0.15, -0.1) is 0 Å². The molecule has 2 aromatic rings. The second kappa shape index (κ2) is 8.19. The fourth-order valence-corrected chi connectivity index (χ4v) is 2.82. The third-order valence-corrected chi connectivity index (χ3v) is 4.06. The summed E-state index contributed by atoms with van der Waals surface area (Å²) >= 11 is 12.4. The Morgan fingerprint density at radius 3 is 2.57 bits per heavy atom. The number of carbonyl (C=O) groups is 2. The highest BCUT2D eigenvalue weighted by Crippen LogP contribution is 2.37. The highest BCUT2D eigenvalue weighted by Gasteiger charge is 2.18. The lowest BCUT2D eigenvalue weighted by Gasteiger charge is -2.17. The van der Waals surface area contributed by atoms with E-state index in [2.05, 4.69) is 30.6 Å². The van der Waals surface area contributed by atoms with Gasteiger partial charge in [0, 0.05) is 31.1 Å². The molecule has 0 saturated heterocycles. The molecule has 0 atom stereocenters. The van der Waals surface area contributed by atoms with Gasteiger partial charge >= 0.3 is 5.76 Å². The minimum atomic E-state index is -0.858. The van der Waals surface area contributed by atoms with Gasteiger partial charge in [0.05, 0.1) is 10.0 Å². The molecule has 0 fully saturated rings. The van der Waals surface area contributed by atoms with Gasteiger partial charge in [-0.1, -0.05) is 23.2 Å². The number of halogens is 2. The fraction of sp³-hybridized carbons (Fsp3) is 0.125. The van der Waals surface area contributed by atoms with Crippen molar-refractivity contribution in [3.05, 3.63) is 62.2 Å². The van der Waals surface area contributed by atoms with Crippen LogP contribution in [-0.4, -0.2) is 35.5 Å². The van der Waals surface area contributed by atoms with E-state index in [0.717, 1.165) is 0 Å². The van der Waals surface area contributed by atoms with Gasteiger partial charge in [-0.2, -0.15) is 0 Å². The first kappa shape index (κ1) is 19.5. The van der Waals surface area contributed by atoms with Crippen molar-refractivity contribution < 1.29 is 18.8 Å². The molecular weight excluding hydrogens is 413 g/mol. The molecule has 0 bridgehead atoms. The quantitative estimate of drug-likeness (QED) is 0.567. The van der Waals surface area contributed by atoms with Gasteiger partial charge in [-0.05, 0) is 23.4 Å². The van der Waals surface area contributed by atoms with Crippen LogP contribution in [0.1, 0.15) is 10.6 Å². The topological polar surface area (TPSA) is 138 Å². The zero-order chi connectivity index (χ0) is 20.3. The number of hydrogen-bond acceptors (Lipinski definition) is 7. The van der Waals surface area contributed by atoms with E-state index in [9.17, 15) is 14.4 Å². The summed E-state index contributed by atoms with van der Waals surface area (Å²) in [5.74, 6) is -1.66. The van der Waals surface area contributed by atoms with Crippen LogP contribution in [0.5, 0.6) is 5.75 Å². The van der Waals surface area contributed by atoms with Crippen LogP contribution in [0.25, 0.3) is 0 Å². The average molecular weight is 426 g/mol. The number of benzene rings is 1. The first-order valence-corrected chi connectivity index (χ1v) is 8.53. The Labute approximate surface area is 167 Å². The van der Waals surface area contributed by atoms with Crippen LogP contribution in [0.2, 0.25) is 10.0 Å². The van der Waals surface area contributed by atoms with E-state index in [1.165, 1.54) is 19.2 Å². The van der Waals surface area contributed by atoms with Crippen LogP contribution in [0.15, 0.2) is 45.1 Å². The Hall–Kier alpha value is -3.24. The molecule has 10 nitrogen and oxygen atoms in total. The highest BCUT2D eigenvalue weighted by molar-refractivity contribution is 6.37. The lowest BCUT2D eigenvalue weighted by molar-refractivity contribution is -0.117. The lowest BCUT2D eigenvalue weighted by Crippen LogP contribution is -2.28. The van der Waals surface area contributed by atoms with Crippen LogP contribution >= 0.6 is 23.2 Å². The summed E-state index contributed by atoms with van der Waals surface area (Å²) in [6.45, 7) is 0.350. The maximum absolute atomic E-state index is 12.0. The van der Waals surface area contributed by atoms with E-state index < -0.39 is 11.7 Å². The molecule has 0 saturated carbocycles. The molecule has 2 heterocycles. The van der Waals surface area contributed by atoms with E-state index in [1.807, 2.05) is 0 Å². The molecule has 28 heavy (non-hydrogen) atoms. The summed E-state index contributed by atoms with van der Waals surface area (Å²) in [5, 5.41) is 11.4. The van der Waals surface area contributed by atoms with Crippen molar-refractivity contribution in [3.63, 3.8) is 0 Å². The molecular formula is C16H13Cl2N5O5. The molecule has 4 N–H and O–H groups in total. The standard InChI is InChI=1S/C16H13Cl2N5O5/c1-19-14(24)7-2-9(6-20-5-7)27-12-10(17)3-8(4-11(12)18)21-15(25)13-22-16(26)28-23-13/h2-4,6,20H,5H2,1H3,(H,19,24)(H,21,25)(H,22,23,26). The second-order valence-electron chi connectivity index (χ2n) is 5.45. The van der Waals surface area contributed by atoms with Gasteiger partial charge in [0.25, 0.3) is 5.91 Å². The van der Waals surface area contributed by atoms with Crippen molar-refractivity contribution in [1.82, 2.24) is 20.8 Å². The number of amides is 2. The Bertz CT molecular complexity index is 1030. The molecule has 1 aromatic carbocycles. The number of allylic oxidation sites excluding steroid dienone is 1. The summed E-state index contributed by atoms with van der Waals surface area (Å²) < 4.78 is 9.95. The Balaban J connectivity index is 1.78. The SMILES string of the molecule is CNC(=O)C1=CC(Oc2c(Cl)cc(NC(=O)c3noc(=O)[nH]3)cc2Cl)=CNC1. The summed E-state index contributed by atoms with van der Waals surface area (Å²) in [4.78, 5) is 36.8. The molecule has 146 valence electrons. The average Bonchev–Trinajstić information content (AvgIpc) is 3.11. The molecule has 2 amide bonds. The monoisotopic (exact) mass is 425 g/mol. The minimum absolute atomic E-state index is 0.109. The van der Waals surface area contributed by atoms with E-state index >= 15 is 0 Å². The number of aromatic amines is 1. The zero-order valence-electron chi connectivity index (χ0n) is 14.3. The smallest absolute Gasteiger partial charge is 0.439 e. The largest absolute Gasteiger partial charge is 0.453 e. The second-order valence-corrected chi connectivity index (χ2v) is 6.26. The van der Waals surface area contributed by atoms with Crippen molar-refractivity contribution in [3.8, 4) is 5.75 Å². The number of rotatable bonds is 5. The molecule has 1 aliphatic heterocycles. The molecule has 1 aromatic heterocycles. The van der Waals surface area contributed by atoms with Crippen LogP contribution in [0, 0.1) is 0 Å². The van der Waals surface area contributed by atoms with Gasteiger partial charge in [0.15, 0.2) is 5.75 Å². The first-order chi connectivity index (χ1) is 13.4. The van der Waals surface area contributed by atoms with Crippen LogP contribution in [0.4, 0.5) is 5.69 Å². The number of nitrogens with zero attached hydrogens (tertiary/aromatic N) is 1. The molecule has 0 radical (unpaired) electrons. The molecule has 12 heteroatoms. The summed E-state index contributed by atoms with van der Waals surface area (Å²) in [6, 6.07) is 2.80. The summed E-state index contributed by atoms with van der Waals surface area (Å²) in [6.07, 6.45) is 3.12. The van der Waals surface area contributed by atoms with Crippen molar-refractivity contribution in [2.24, 2.45) is 0 Å². The summed E-state index contributed by atoms with van der Waals surface area (Å²) in [5.41, 5.74) is 0.714. The van der Waals surface area contributed by atoms with Crippen LogP contribution in [-0.2, 0) is 4.79 Å². The number of carbonyl (C=O) groups excluding carboxylic acids is 2. The van der Waals surface area contributed by atoms with Crippen molar-refractivity contribution >= 4 is 40.7 Å². The predicted molar refractivity (Wildman–Crippen MR) is 100 cm³/mol. The van der Waals surface area contributed by atoms with Gasteiger partial charge < -0.3 is 20.7 Å². The number of hydrogen-bond donors (Lipinski definition) is 4. The predicted octanol–water partition coefficient (Wildman–Crippen LogP) is 1.42. The lowest BCUT2D eigenvalue weighted by atomic mass is 10.2. The van der Waals surface area contributed by atoms with Crippen LogP contribution < -0.4 is 26.4 Å². The maximum atomic E-state index is 12.0. The van der Waals surface area contributed by atoms with Gasteiger partial charge in [0.2, 0.25) is 11.7 Å². The fourth-order valence-electron chi connectivity index (χ4n) is 2.26. The summed E-state index contributed by atoms with van der Waals surface area (Å²) in [7, 11) is 1.53. The number of nitrogens with one attached hydrogen (secondary N) is 4. The van der Waals surface area contributed by atoms with E-state index in [4.69, 9.17) is 27.9 Å². The van der Waals surface area contributed by atoms with E-state index in [-0.39, 0.29) is 33.2 Å². The maximum Gasteiger partial charge on any atom is 0.439 e. The highest BCUT2D eigenvalue weighted by atomic mass is 35.5. The van der Waals surface area contributed by atoms with Crippen molar-refractivity contribution in [2.45, 2.75) is 0 Å². The number of H-pyrrole nitrogens is 1. The van der Waals surface area contributed by atoms with E-state index in [1.54, 1.807) is 12.3 Å². The molecule has 1 aliphatic rings. The normalized spacial score (nSPS) is 13.1. The number of likely N-dealkylation sites (N-methyl/N-ethyl adjacent to an activating group) is 1. The number of ether oxygens (including phenoxy) is 1. The van der Waals surface area contributed by atoms with Crippen molar-refractivity contribution in [2.75, 3.05) is 18.9 Å². The Morgan fingerprint density at radius 1 is 1.25 bits per heavy atom. The van der Waals surface area contributed by atoms with Gasteiger partial charge in [-0.3, -0.25) is 19.1 Å². The van der Waals surface area contributed by atoms with Crippen molar-refractivity contribution in [1.29, 1.82) is 0 Å². The Kier molecular flexibility index (Phi) is 5.71. The zero-order valence-corrected chi connectivity index (χ0v) is 15.8. The van der Waals surface area contributed by atoms with E-state index in [0.29, 0.717) is 17.9 Å². The first-order valence-electron chi connectivity index (χ1n) is 7.78. The molecule has 0 aliphatic carbocycles. The minimum Gasteiger partial charge on any atom is -0.453 e. The molecule has 0 unspecified atom stereocenters. The third-order valence-electron chi connectivity index (χ3n) is 3.50. The molecule has 3 rings (SSSR count). The molecule has 0 spiro atoms. The van der Waals surface area contributed by atoms with Gasteiger partial charge in [0.1, 0.15) is 5.76 Å². The number of dihydropyridines is 1.